The number of para-hydroxylation sites is 1. The van der Waals surface area contributed by atoms with Crippen LogP contribution in [0.3, 0.4) is 0 Å². The summed E-state index contributed by atoms with van der Waals surface area (Å²) in [7, 11) is 0. The summed E-state index contributed by atoms with van der Waals surface area (Å²) in [5.41, 5.74) is 3.26. The maximum Gasteiger partial charge on any atom is 0.223 e. The lowest BCUT2D eigenvalue weighted by Gasteiger charge is -2.33. The standard InChI is InChI=1S/C21H22N4O/c26-21(24-15-16-4-3-10-22-14-16)17-8-12-25(13-9-17)20-7-11-23-19-6-2-1-5-18(19)20/h1-7,10-11,14,17H,8-9,12-13,15H2,(H,24,26). The van der Waals surface area contributed by atoms with Crippen molar-refractivity contribution in [3.05, 3.63) is 66.6 Å². The third-order valence-corrected chi connectivity index (χ3v) is 5.02. The molecule has 0 radical (unpaired) electrons. The van der Waals surface area contributed by atoms with Gasteiger partial charge in [0.25, 0.3) is 0 Å². The van der Waals surface area contributed by atoms with Gasteiger partial charge in [-0.1, -0.05) is 24.3 Å². The summed E-state index contributed by atoms with van der Waals surface area (Å²) >= 11 is 0. The lowest BCUT2D eigenvalue weighted by molar-refractivity contribution is -0.125. The van der Waals surface area contributed by atoms with Crippen LogP contribution in [-0.2, 0) is 11.3 Å². The quantitative estimate of drug-likeness (QED) is 0.788. The third-order valence-electron chi connectivity index (χ3n) is 5.02. The van der Waals surface area contributed by atoms with Gasteiger partial charge in [0.15, 0.2) is 0 Å². The van der Waals surface area contributed by atoms with E-state index in [2.05, 4.69) is 32.3 Å². The Kier molecular flexibility index (Phi) is 4.78. The maximum absolute atomic E-state index is 12.5. The molecule has 0 saturated carbocycles. The summed E-state index contributed by atoms with van der Waals surface area (Å²) in [6.07, 6.45) is 7.14. The number of hydrogen-bond acceptors (Lipinski definition) is 4. The Bertz CT molecular complexity index is 883. The largest absolute Gasteiger partial charge is 0.371 e. The number of aromatic nitrogens is 2. The van der Waals surface area contributed by atoms with E-state index in [0.29, 0.717) is 6.54 Å². The maximum atomic E-state index is 12.5. The molecular weight excluding hydrogens is 324 g/mol. The number of hydrogen-bond donors (Lipinski definition) is 1. The van der Waals surface area contributed by atoms with E-state index in [-0.39, 0.29) is 11.8 Å². The van der Waals surface area contributed by atoms with Crippen molar-refractivity contribution < 1.29 is 4.79 Å². The molecule has 0 unspecified atom stereocenters. The lowest BCUT2D eigenvalue weighted by Crippen LogP contribution is -2.40. The molecule has 5 heteroatoms. The molecule has 1 N–H and O–H groups in total. The van der Waals surface area contributed by atoms with Crippen LogP contribution in [0.2, 0.25) is 0 Å². The van der Waals surface area contributed by atoms with Crippen LogP contribution in [0, 0.1) is 5.92 Å². The Morgan fingerprint density at radius 2 is 1.92 bits per heavy atom. The molecule has 5 nitrogen and oxygen atoms in total. The van der Waals surface area contributed by atoms with Crippen molar-refractivity contribution in [1.82, 2.24) is 15.3 Å². The van der Waals surface area contributed by atoms with E-state index in [1.54, 1.807) is 12.4 Å². The zero-order valence-corrected chi connectivity index (χ0v) is 14.6. The zero-order valence-electron chi connectivity index (χ0n) is 14.6. The highest BCUT2D eigenvalue weighted by atomic mass is 16.1. The molecule has 4 rings (SSSR count). The summed E-state index contributed by atoms with van der Waals surface area (Å²) in [5.74, 6) is 0.226. The molecule has 0 spiro atoms. The Balaban J connectivity index is 1.37. The Hall–Kier alpha value is -2.95. The topological polar surface area (TPSA) is 58.1 Å². The number of pyridine rings is 2. The van der Waals surface area contributed by atoms with Crippen molar-refractivity contribution in [3.63, 3.8) is 0 Å². The molecule has 1 fully saturated rings. The van der Waals surface area contributed by atoms with Crippen molar-refractivity contribution >= 4 is 22.5 Å². The molecule has 1 aromatic carbocycles. The second kappa shape index (κ2) is 7.52. The Morgan fingerprint density at radius 1 is 1.08 bits per heavy atom. The van der Waals surface area contributed by atoms with Crippen molar-refractivity contribution in [2.75, 3.05) is 18.0 Å². The van der Waals surface area contributed by atoms with Gasteiger partial charge in [-0.15, -0.1) is 0 Å². The van der Waals surface area contributed by atoms with Crippen molar-refractivity contribution in [3.8, 4) is 0 Å². The summed E-state index contributed by atoms with van der Waals surface area (Å²) < 4.78 is 0. The monoisotopic (exact) mass is 346 g/mol. The molecule has 3 heterocycles. The highest BCUT2D eigenvalue weighted by Crippen LogP contribution is 2.29. The average Bonchev–Trinajstić information content (AvgIpc) is 2.72. The van der Waals surface area contributed by atoms with Crippen LogP contribution < -0.4 is 10.2 Å². The van der Waals surface area contributed by atoms with Crippen LogP contribution in [0.1, 0.15) is 18.4 Å². The van der Waals surface area contributed by atoms with Gasteiger partial charge in [-0.25, -0.2) is 0 Å². The SMILES string of the molecule is O=C(NCc1cccnc1)C1CCN(c2ccnc3ccccc23)CC1. The molecular formula is C21H22N4O. The number of anilines is 1. The van der Waals surface area contributed by atoms with Crippen LogP contribution in [0.4, 0.5) is 5.69 Å². The van der Waals surface area contributed by atoms with Gasteiger partial charge in [0, 0.05) is 55.2 Å². The number of amides is 1. The van der Waals surface area contributed by atoms with Gasteiger partial charge < -0.3 is 10.2 Å². The average molecular weight is 346 g/mol. The van der Waals surface area contributed by atoms with Crippen molar-refractivity contribution in [2.45, 2.75) is 19.4 Å². The minimum atomic E-state index is 0.0797. The molecule has 1 amide bonds. The fourth-order valence-corrected chi connectivity index (χ4v) is 3.58. The fraction of sp³-hybridized carbons (Fsp3) is 0.286. The molecule has 2 aromatic heterocycles. The number of carbonyl (C=O) groups excluding carboxylic acids is 1. The van der Waals surface area contributed by atoms with Gasteiger partial charge in [0.1, 0.15) is 0 Å². The van der Waals surface area contributed by atoms with E-state index in [0.717, 1.165) is 37.0 Å². The van der Waals surface area contributed by atoms with Gasteiger partial charge >= 0.3 is 0 Å². The minimum absolute atomic E-state index is 0.0797. The third kappa shape index (κ3) is 3.52. The van der Waals surface area contributed by atoms with E-state index in [1.165, 1.54) is 11.1 Å². The number of benzene rings is 1. The first kappa shape index (κ1) is 16.5. The first-order valence-electron chi connectivity index (χ1n) is 9.06. The second-order valence-electron chi connectivity index (χ2n) is 6.69. The van der Waals surface area contributed by atoms with E-state index in [4.69, 9.17) is 0 Å². The molecule has 0 atom stereocenters. The number of carbonyl (C=O) groups is 1. The summed E-state index contributed by atoms with van der Waals surface area (Å²) in [6, 6.07) is 14.2. The molecule has 3 aromatic rings. The molecule has 0 aliphatic carbocycles. The van der Waals surface area contributed by atoms with E-state index >= 15 is 0 Å². The lowest BCUT2D eigenvalue weighted by atomic mass is 9.95. The van der Waals surface area contributed by atoms with Crippen LogP contribution in [0.15, 0.2) is 61.1 Å². The predicted molar refractivity (Wildman–Crippen MR) is 103 cm³/mol. The molecule has 26 heavy (non-hydrogen) atoms. The number of piperidine rings is 1. The van der Waals surface area contributed by atoms with Crippen LogP contribution >= 0.6 is 0 Å². The summed E-state index contributed by atoms with van der Waals surface area (Å²) in [4.78, 5) is 23.4. The number of rotatable bonds is 4. The Labute approximate surface area is 153 Å². The molecule has 1 aliphatic rings. The van der Waals surface area contributed by atoms with Crippen LogP contribution in [-0.4, -0.2) is 29.0 Å². The van der Waals surface area contributed by atoms with Crippen LogP contribution in [0.25, 0.3) is 10.9 Å². The molecule has 1 saturated heterocycles. The van der Waals surface area contributed by atoms with Crippen molar-refractivity contribution in [1.29, 1.82) is 0 Å². The highest BCUT2D eigenvalue weighted by molar-refractivity contribution is 5.91. The predicted octanol–water partition coefficient (Wildman–Crippen LogP) is 3.16. The number of fused-ring (bicyclic) bond motifs is 1. The number of nitrogens with zero attached hydrogens (tertiary/aromatic N) is 3. The molecule has 132 valence electrons. The second-order valence-corrected chi connectivity index (χ2v) is 6.69. The minimum Gasteiger partial charge on any atom is -0.371 e. The van der Waals surface area contributed by atoms with E-state index in [1.807, 2.05) is 36.5 Å². The highest BCUT2D eigenvalue weighted by Gasteiger charge is 2.25. The van der Waals surface area contributed by atoms with Gasteiger partial charge in [0.05, 0.1) is 5.52 Å². The van der Waals surface area contributed by atoms with E-state index in [9.17, 15) is 4.79 Å². The van der Waals surface area contributed by atoms with Crippen molar-refractivity contribution in [2.24, 2.45) is 5.92 Å². The molecule has 1 aliphatic heterocycles. The first-order valence-corrected chi connectivity index (χ1v) is 9.06. The normalized spacial score (nSPS) is 15.2. The summed E-state index contributed by atoms with van der Waals surface area (Å²) in [5, 5.41) is 4.22. The van der Waals surface area contributed by atoms with Gasteiger partial charge in [-0.3, -0.25) is 14.8 Å². The smallest absolute Gasteiger partial charge is 0.223 e. The van der Waals surface area contributed by atoms with Gasteiger partial charge in [0.2, 0.25) is 5.91 Å². The summed E-state index contributed by atoms with van der Waals surface area (Å²) in [6.45, 7) is 2.32. The van der Waals surface area contributed by atoms with Crippen LogP contribution in [0.5, 0.6) is 0 Å². The van der Waals surface area contributed by atoms with E-state index < -0.39 is 0 Å². The van der Waals surface area contributed by atoms with Gasteiger partial charge in [-0.2, -0.15) is 0 Å². The fourth-order valence-electron chi connectivity index (χ4n) is 3.58. The van der Waals surface area contributed by atoms with Gasteiger partial charge in [-0.05, 0) is 36.6 Å². The zero-order chi connectivity index (χ0) is 17.8. The first-order chi connectivity index (χ1) is 12.8. The molecule has 0 bridgehead atoms. The number of nitrogens with one attached hydrogen (secondary N) is 1. The Morgan fingerprint density at radius 3 is 2.73 bits per heavy atom.